The molecule has 1 saturated carbocycles. The lowest BCUT2D eigenvalue weighted by molar-refractivity contribution is -0.123. The van der Waals surface area contributed by atoms with Gasteiger partial charge in [0.2, 0.25) is 5.91 Å². The molecule has 1 atom stereocenters. The predicted octanol–water partition coefficient (Wildman–Crippen LogP) is 0.324. The van der Waals surface area contributed by atoms with Crippen molar-refractivity contribution in [3.05, 3.63) is 0 Å². The first-order valence-electron chi connectivity index (χ1n) is 5.77. The molecule has 1 aliphatic carbocycles. The van der Waals surface area contributed by atoms with Gasteiger partial charge in [-0.3, -0.25) is 4.79 Å². The van der Waals surface area contributed by atoms with E-state index in [-0.39, 0.29) is 5.91 Å². The normalized spacial score (nSPS) is 20.1. The highest BCUT2D eigenvalue weighted by Crippen LogP contribution is 2.31. The monoisotopic (exact) mass is 213 g/mol. The lowest BCUT2D eigenvalue weighted by Crippen LogP contribution is -2.45. The van der Waals surface area contributed by atoms with Crippen LogP contribution in [0.25, 0.3) is 0 Å². The molecule has 3 N–H and O–H groups in total. The lowest BCUT2D eigenvalue weighted by Gasteiger charge is -2.23. The van der Waals surface area contributed by atoms with E-state index in [0.29, 0.717) is 12.6 Å². The van der Waals surface area contributed by atoms with E-state index in [0.717, 1.165) is 25.8 Å². The molecular formula is C11H23N3O. The number of amides is 1. The molecule has 1 amide bonds. The molecule has 0 radical (unpaired) electrons. The molecule has 1 aliphatic rings. The lowest BCUT2D eigenvalue weighted by atomic mass is 10.2. The fourth-order valence-electron chi connectivity index (χ4n) is 1.42. The van der Waals surface area contributed by atoms with Crippen molar-refractivity contribution >= 4 is 5.91 Å². The van der Waals surface area contributed by atoms with E-state index in [4.69, 9.17) is 5.73 Å². The van der Waals surface area contributed by atoms with E-state index in [1.54, 1.807) is 0 Å². The van der Waals surface area contributed by atoms with Gasteiger partial charge in [-0.25, -0.2) is 0 Å². The van der Waals surface area contributed by atoms with Gasteiger partial charge in [0.25, 0.3) is 0 Å². The van der Waals surface area contributed by atoms with Gasteiger partial charge in [-0.15, -0.1) is 0 Å². The van der Waals surface area contributed by atoms with Gasteiger partial charge in [0.05, 0.1) is 5.54 Å². The molecule has 0 saturated heterocycles. The van der Waals surface area contributed by atoms with E-state index < -0.39 is 5.54 Å². The minimum absolute atomic E-state index is 0.0139. The maximum atomic E-state index is 11.5. The minimum atomic E-state index is -0.533. The van der Waals surface area contributed by atoms with E-state index in [9.17, 15) is 4.79 Å². The Hall–Kier alpha value is -0.610. The standard InChI is InChI=1S/C11H23N3O/c1-4-9(2)14(3)8-7-13-10(15)11(12)5-6-11/h9H,4-8,12H2,1-3H3,(H,13,15). The maximum absolute atomic E-state index is 11.5. The van der Waals surface area contributed by atoms with E-state index in [1.807, 2.05) is 0 Å². The van der Waals surface area contributed by atoms with Crippen molar-refractivity contribution in [2.75, 3.05) is 20.1 Å². The summed E-state index contributed by atoms with van der Waals surface area (Å²) in [4.78, 5) is 13.7. The van der Waals surface area contributed by atoms with Crippen LogP contribution in [-0.2, 0) is 4.79 Å². The summed E-state index contributed by atoms with van der Waals surface area (Å²) in [6.45, 7) is 5.93. The Kier molecular flexibility index (Phi) is 4.11. The Balaban J connectivity index is 2.13. The van der Waals surface area contributed by atoms with Crippen molar-refractivity contribution in [2.24, 2.45) is 5.73 Å². The van der Waals surface area contributed by atoms with Crippen LogP contribution in [0, 0.1) is 0 Å². The number of carbonyl (C=O) groups is 1. The van der Waals surface area contributed by atoms with Crippen molar-refractivity contribution in [3.8, 4) is 0 Å². The van der Waals surface area contributed by atoms with Crippen LogP contribution >= 0.6 is 0 Å². The molecule has 1 unspecified atom stereocenters. The number of hydrogen-bond acceptors (Lipinski definition) is 3. The van der Waals surface area contributed by atoms with E-state index in [2.05, 4.69) is 31.1 Å². The fourth-order valence-corrected chi connectivity index (χ4v) is 1.42. The first kappa shape index (κ1) is 12.5. The Labute approximate surface area is 92.2 Å². The Bertz CT molecular complexity index is 226. The van der Waals surface area contributed by atoms with Crippen LogP contribution in [0.3, 0.4) is 0 Å². The summed E-state index contributed by atoms with van der Waals surface area (Å²) >= 11 is 0. The molecule has 4 nitrogen and oxygen atoms in total. The van der Waals surface area contributed by atoms with Gasteiger partial charge in [0, 0.05) is 19.1 Å². The third-order valence-electron chi connectivity index (χ3n) is 3.33. The molecule has 1 fully saturated rings. The summed E-state index contributed by atoms with van der Waals surface area (Å²) in [5.74, 6) is 0.0139. The summed E-state index contributed by atoms with van der Waals surface area (Å²) in [5.41, 5.74) is 5.23. The first-order chi connectivity index (χ1) is 6.99. The summed E-state index contributed by atoms with van der Waals surface area (Å²) in [6.07, 6.45) is 2.80. The van der Waals surface area contributed by atoms with Gasteiger partial charge in [-0.2, -0.15) is 0 Å². The summed E-state index contributed by atoms with van der Waals surface area (Å²) < 4.78 is 0. The number of nitrogens with one attached hydrogen (secondary N) is 1. The minimum Gasteiger partial charge on any atom is -0.353 e. The van der Waals surface area contributed by atoms with Crippen LogP contribution in [0.1, 0.15) is 33.1 Å². The van der Waals surface area contributed by atoms with Crippen LogP contribution in [0.15, 0.2) is 0 Å². The van der Waals surface area contributed by atoms with E-state index >= 15 is 0 Å². The van der Waals surface area contributed by atoms with Crippen molar-refractivity contribution in [3.63, 3.8) is 0 Å². The maximum Gasteiger partial charge on any atom is 0.240 e. The molecular weight excluding hydrogens is 190 g/mol. The largest absolute Gasteiger partial charge is 0.353 e. The topological polar surface area (TPSA) is 58.4 Å². The molecule has 0 bridgehead atoms. The summed E-state index contributed by atoms with van der Waals surface area (Å²) in [6, 6.07) is 0.565. The predicted molar refractivity (Wildman–Crippen MR) is 61.5 cm³/mol. The second kappa shape index (κ2) is 4.94. The Morgan fingerprint density at radius 2 is 2.20 bits per heavy atom. The molecule has 0 aromatic rings. The molecule has 15 heavy (non-hydrogen) atoms. The number of carbonyl (C=O) groups excluding carboxylic acids is 1. The zero-order valence-corrected chi connectivity index (χ0v) is 10.0. The average molecular weight is 213 g/mol. The number of likely N-dealkylation sites (N-methyl/N-ethyl adjacent to an activating group) is 1. The van der Waals surface area contributed by atoms with Gasteiger partial charge in [-0.05, 0) is 33.2 Å². The Morgan fingerprint density at radius 3 is 2.67 bits per heavy atom. The van der Waals surface area contributed by atoms with Crippen LogP contribution in [-0.4, -0.2) is 42.5 Å². The van der Waals surface area contributed by atoms with Crippen LogP contribution in [0.2, 0.25) is 0 Å². The molecule has 0 aromatic heterocycles. The highest BCUT2D eigenvalue weighted by Gasteiger charge is 2.45. The second-order valence-electron chi connectivity index (χ2n) is 4.65. The number of nitrogens with zero attached hydrogens (tertiary/aromatic N) is 1. The van der Waals surface area contributed by atoms with Gasteiger partial charge >= 0.3 is 0 Å². The molecule has 88 valence electrons. The average Bonchev–Trinajstić information content (AvgIpc) is 2.96. The van der Waals surface area contributed by atoms with Crippen molar-refractivity contribution in [1.82, 2.24) is 10.2 Å². The third kappa shape index (κ3) is 3.47. The van der Waals surface area contributed by atoms with Gasteiger partial charge in [0.1, 0.15) is 0 Å². The molecule has 0 aliphatic heterocycles. The molecule has 0 spiro atoms. The highest BCUT2D eigenvalue weighted by atomic mass is 16.2. The Morgan fingerprint density at radius 1 is 1.60 bits per heavy atom. The number of hydrogen-bond donors (Lipinski definition) is 2. The molecule has 0 heterocycles. The smallest absolute Gasteiger partial charge is 0.240 e. The molecule has 1 rings (SSSR count). The number of rotatable bonds is 6. The third-order valence-corrected chi connectivity index (χ3v) is 3.33. The van der Waals surface area contributed by atoms with Crippen molar-refractivity contribution in [2.45, 2.75) is 44.7 Å². The second-order valence-corrected chi connectivity index (χ2v) is 4.65. The zero-order chi connectivity index (χ0) is 11.5. The SMILES string of the molecule is CCC(C)N(C)CCNC(=O)C1(N)CC1. The number of nitrogens with two attached hydrogens (primary N) is 1. The first-order valence-corrected chi connectivity index (χ1v) is 5.77. The zero-order valence-electron chi connectivity index (χ0n) is 10.0. The van der Waals surface area contributed by atoms with Gasteiger partial charge in [-0.1, -0.05) is 6.92 Å². The van der Waals surface area contributed by atoms with Crippen molar-refractivity contribution < 1.29 is 4.79 Å². The van der Waals surface area contributed by atoms with Crippen LogP contribution in [0.4, 0.5) is 0 Å². The van der Waals surface area contributed by atoms with E-state index in [1.165, 1.54) is 0 Å². The molecule has 0 aromatic carbocycles. The fraction of sp³-hybridized carbons (Fsp3) is 0.909. The quantitative estimate of drug-likeness (QED) is 0.668. The summed E-state index contributed by atoms with van der Waals surface area (Å²) in [5, 5.41) is 2.89. The van der Waals surface area contributed by atoms with Crippen molar-refractivity contribution in [1.29, 1.82) is 0 Å². The van der Waals surface area contributed by atoms with Gasteiger partial charge < -0.3 is 16.0 Å². The van der Waals surface area contributed by atoms with Crippen LogP contribution < -0.4 is 11.1 Å². The molecule has 4 heteroatoms. The van der Waals surface area contributed by atoms with Crippen LogP contribution in [0.5, 0.6) is 0 Å². The highest BCUT2D eigenvalue weighted by molar-refractivity contribution is 5.88. The van der Waals surface area contributed by atoms with Gasteiger partial charge in [0.15, 0.2) is 0 Å². The summed E-state index contributed by atoms with van der Waals surface area (Å²) in [7, 11) is 2.08.